The minimum absolute atomic E-state index is 0.365. The third-order valence-electron chi connectivity index (χ3n) is 3.60. The molecule has 1 aromatic heterocycles. The highest BCUT2D eigenvalue weighted by Gasteiger charge is 2.24. The van der Waals surface area contributed by atoms with E-state index >= 15 is 0 Å². The highest BCUT2D eigenvalue weighted by atomic mass is 32.2. The van der Waals surface area contributed by atoms with E-state index in [1.165, 1.54) is 11.8 Å². The molecule has 1 heterocycles. The molecule has 0 unspecified atom stereocenters. The van der Waals surface area contributed by atoms with Crippen LogP contribution in [-0.2, 0) is 0 Å². The molecule has 124 valence electrons. The largest absolute Gasteiger partial charge is 0.321 e. The summed E-state index contributed by atoms with van der Waals surface area (Å²) < 4.78 is 28.7. The topological polar surface area (TPSA) is 17.8 Å². The fourth-order valence-corrected chi connectivity index (χ4v) is 3.41. The van der Waals surface area contributed by atoms with Crippen LogP contribution >= 0.6 is 11.8 Å². The molecule has 0 N–H and O–H groups in total. The molecule has 0 amide bonds. The van der Waals surface area contributed by atoms with E-state index in [1.807, 2.05) is 67.6 Å². The second-order valence-corrected chi connectivity index (χ2v) is 6.38. The van der Waals surface area contributed by atoms with Crippen LogP contribution in [0.25, 0.3) is 22.5 Å². The summed E-state index contributed by atoms with van der Waals surface area (Å²) >= 11 is 1.37. The Morgan fingerprint density at radius 1 is 0.958 bits per heavy atom. The van der Waals surface area contributed by atoms with Gasteiger partial charge in [0.2, 0.25) is 0 Å². The third-order valence-corrected chi connectivity index (χ3v) is 4.76. The van der Waals surface area contributed by atoms with Crippen LogP contribution in [0.2, 0.25) is 0 Å². The summed E-state index contributed by atoms with van der Waals surface area (Å²) in [4.78, 5) is 4.56. The Labute approximate surface area is 144 Å². The smallest absolute Gasteiger partial charge is 0.260 e. The van der Waals surface area contributed by atoms with Crippen molar-refractivity contribution in [3.8, 4) is 22.5 Å². The van der Waals surface area contributed by atoms with Crippen LogP contribution in [0.5, 0.6) is 0 Å². The van der Waals surface area contributed by atoms with Gasteiger partial charge in [-0.05, 0) is 6.42 Å². The number of alkyl halides is 2. The van der Waals surface area contributed by atoms with E-state index in [2.05, 4.69) is 4.98 Å². The molecule has 0 radical (unpaired) electrons. The zero-order valence-electron chi connectivity index (χ0n) is 13.3. The van der Waals surface area contributed by atoms with Crippen LogP contribution in [0.4, 0.5) is 8.78 Å². The molecule has 0 atom stereocenters. The molecule has 0 aliphatic carbocycles. The van der Waals surface area contributed by atoms with Gasteiger partial charge in [-0.25, -0.2) is 4.98 Å². The molecule has 0 bridgehead atoms. The summed E-state index contributed by atoms with van der Waals surface area (Å²) in [7, 11) is 0. The van der Waals surface area contributed by atoms with Crippen molar-refractivity contribution in [1.29, 1.82) is 0 Å². The average Bonchev–Trinajstić information content (AvgIpc) is 3.01. The van der Waals surface area contributed by atoms with Crippen molar-refractivity contribution in [3.63, 3.8) is 0 Å². The summed E-state index contributed by atoms with van der Waals surface area (Å²) in [6.07, 6.45) is 0.905. The van der Waals surface area contributed by atoms with Gasteiger partial charge in [-0.15, -0.1) is 0 Å². The van der Waals surface area contributed by atoms with Crippen molar-refractivity contribution in [1.82, 2.24) is 9.55 Å². The number of benzene rings is 2. The monoisotopic (exact) mass is 344 g/mol. The van der Waals surface area contributed by atoms with Gasteiger partial charge < -0.3 is 0 Å². The van der Waals surface area contributed by atoms with Crippen LogP contribution in [0.3, 0.4) is 0 Å². The molecule has 0 fully saturated rings. The Bertz CT molecular complexity index is 786. The summed E-state index contributed by atoms with van der Waals surface area (Å²) in [6.45, 7) is -0.608. The number of imidazole rings is 1. The van der Waals surface area contributed by atoms with E-state index in [1.54, 1.807) is 0 Å². The number of thioether (sulfide) groups is 1. The first-order chi connectivity index (χ1) is 11.7. The lowest BCUT2D eigenvalue weighted by molar-refractivity contribution is 0.0628. The Kier molecular flexibility index (Phi) is 5.30. The number of rotatable bonds is 6. The first-order valence-corrected chi connectivity index (χ1v) is 8.85. The second kappa shape index (κ2) is 7.62. The van der Waals surface area contributed by atoms with Crippen molar-refractivity contribution >= 4 is 11.8 Å². The van der Waals surface area contributed by atoms with Crippen molar-refractivity contribution in [3.05, 3.63) is 60.7 Å². The average molecular weight is 344 g/mol. The van der Waals surface area contributed by atoms with Crippen molar-refractivity contribution in [2.75, 3.05) is 5.75 Å². The zero-order valence-corrected chi connectivity index (χ0v) is 14.1. The minimum atomic E-state index is -2.63. The quantitative estimate of drug-likeness (QED) is 0.502. The van der Waals surface area contributed by atoms with E-state index < -0.39 is 6.55 Å². The van der Waals surface area contributed by atoms with E-state index in [0.29, 0.717) is 16.5 Å². The molecule has 2 nitrogen and oxygen atoms in total. The number of hydrogen-bond donors (Lipinski definition) is 0. The van der Waals surface area contributed by atoms with Gasteiger partial charge in [0, 0.05) is 16.9 Å². The van der Waals surface area contributed by atoms with Gasteiger partial charge in [-0.1, -0.05) is 79.3 Å². The predicted molar refractivity (Wildman–Crippen MR) is 95.4 cm³/mol. The Balaban J connectivity index is 2.24. The SMILES string of the molecule is CCCSc1nc(-c2ccccc2)c(-c2ccccc2)n1C(F)F. The van der Waals surface area contributed by atoms with E-state index in [9.17, 15) is 8.78 Å². The Morgan fingerprint density at radius 2 is 1.54 bits per heavy atom. The van der Waals surface area contributed by atoms with Crippen molar-refractivity contribution in [2.45, 2.75) is 25.1 Å². The van der Waals surface area contributed by atoms with E-state index in [0.717, 1.165) is 27.9 Å². The van der Waals surface area contributed by atoms with Crippen molar-refractivity contribution < 1.29 is 8.78 Å². The highest BCUT2D eigenvalue weighted by molar-refractivity contribution is 7.99. The maximum atomic E-state index is 13.8. The third kappa shape index (κ3) is 3.36. The number of aromatic nitrogens is 2. The molecular weight excluding hydrogens is 326 g/mol. The summed E-state index contributed by atoms with van der Waals surface area (Å²) in [5.41, 5.74) is 2.65. The fourth-order valence-electron chi connectivity index (χ4n) is 2.56. The molecular formula is C19H18F2N2S. The van der Waals surface area contributed by atoms with Gasteiger partial charge in [-0.3, -0.25) is 4.57 Å². The fraction of sp³-hybridized carbons (Fsp3) is 0.211. The van der Waals surface area contributed by atoms with E-state index in [4.69, 9.17) is 0 Å². The zero-order chi connectivity index (χ0) is 16.9. The molecule has 0 aliphatic heterocycles. The van der Waals surface area contributed by atoms with Gasteiger partial charge in [0.15, 0.2) is 5.16 Å². The maximum Gasteiger partial charge on any atom is 0.321 e. The van der Waals surface area contributed by atoms with Crippen LogP contribution in [0, 0.1) is 0 Å². The predicted octanol–water partition coefficient (Wildman–Crippen LogP) is 6.11. The Morgan fingerprint density at radius 3 is 2.08 bits per heavy atom. The molecule has 0 saturated carbocycles. The molecule has 0 spiro atoms. The second-order valence-electron chi connectivity index (χ2n) is 5.32. The van der Waals surface area contributed by atoms with E-state index in [-0.39, 0.29) is 0 Å². The lowest BCUT2D eigenvalue weighted by Gasteiger charge is -2.11. The molecule has 5 heteroatoms. The molecule has 3 aromatic rings. The number of halogens is 2. The van der Waals surface area contributed by atoms with Gasteiger partial charge in [-0.2, -0.15) is 8.78 Å². The summed E-state index contributed by atoms with van der Waals surface area (Å²) in [5, 5.41) is 0.365. The molecule has 0 saturated heterocycles. The van der Waals surface area contributed by atoms with Gasteiger partial charge >= 0.3 is 6.55 Å². The Hall–Kier alpha value is -2.14. The number of nitrogens with zero attached hydrogens (tertiary/aromatic N) is 2. The standard InChI is InChI=1S/C19H18F2N2S/c1-2-13-24-19-22-16(14-9-5-3-6-10-14)17(23(19)18(20)21)15-11-7-4-8-12-15/h3-12,18H,2,13H2,1H3. The molecule has 3 rings (SSSR count). The van der Waals surface area contributed by atoms with Gasteiger partial charge in [0.1, 0.15) is 0 Å². The normalized spacial score (nSPS) is 11.2. The molecule has 0 aliphatic rings. The minimum Gasteiger partial charge on any atom is -0.260 e. The summed E-state index contributed by atoms with van der Waals surface area (Å²) in [5.74, 6) is 0.756. The lowest BCUT2D eigenvalue weighted by Crippen LogP contribution is -2.03. The van der Waals surface area contributed by atoms with Crippen molar-refractivity contribution in [2.24, 2.45) is 0 Å². The summed E-state index contributed by atoms with van der Waals surface area (Å²) in [6, 6.07) is 18.8. The van der Waals surface area contributed by atoms with Gasteiger partial charge in [0.25, 0.3) is 0 Å². The first kappa shape index (κ1) is 16.7. The first-order valence-electron chi connectivity index (χ1n) is 7.86. The van der Waals surface area contributed by atoms with Gasteiger partial charge in [0.05, 0.1) is 11.4 Å². The van der Waals surface area contributed by atoms with Crippen LogP contribution < -0.4 is 0 Å². The maximum absolute atomic E-state index is 13.8. The highest BCUT2D eigenvalue weighted by Crippen LogP contribution is 2.38. The molecule has 2 aromatic carbocycles. The number of hydrogen-bond acceptors (Lipinski definition) is 2. The lowest BCUT2D eigenvalue weighted by atomic mass is 10.0. The van der Waals surface area contributed by atoms with Crippen LogP contribution in [0.1, 0.15) is 19.9 Å². The van der Waals surface area contributed by atoms with Crippen LogP contribution in [-0.4, -0.2) is 15.3 Å². The van der Waals surface area contributed by atoms with Crippen LogP contribution in [0.15, 0.2) is 65.8 Å². The molecule has 24 heavy (non-hydrogen) atoms.